The van der Waals surface area contributed by atoms with Gasteiger partial charge in [-0.2, -0.15) is 0 Å². The second-order valence-electron chi connectivity index (χ2n) is 7.22. The van der Waals surface area contributed by atoms with Gasteiger partial charge in [0.2, 0.25) is 0 Å². The molecule has 2 heterocycles. The van der Waals surface area contributed by atoms with Crippen LogP contribution in [0.25, 0.3) is 0 Å². The van der Waals surface area contributed by atoms with E-state index in [1.165, 1.54) is 40.8 Å². The minimum absolute atomic E-state index is 0.0794. The maximum absolute atomic E-state index is 12.8. The Kier molecular flexibility index (Phi) is 7.03. The van der Waals surface area contributed by atoms with Crippen molar-refractivity contribution in [2.24, 2.45) is 0 Å². The molecule has 12 heteroatoms. The number of nitrogens with zero attached hydrogens (tertiary/aromatic N) is 2. The molecule has 1 aliphatic heterocycles. The Balaban J connectivity index is 1.50. The first kappa shape index (κ1) is 24.0. The van der Waals surface area contributed by atoms with E-state index in [0.717, 1.165) is 0 Å². The van der Waals surface area contributed by atoms with E-state index in [4.69, 9.17) is 27.9 Å². The fourth-order valence-electron chi connectivity index (χ4n) is 3.24. The summed E-state index contributed by atoms with van der Waals surface area (Å²) >= 11 is 12.5. The van der Waals surface area contributed by atoms with Gasteiger partial charge in [0.15, 0.2) is 5.94 Å². The van der Waals surface area contributed by atoms with E-state index >= 15 is 0 Å². The fourth-order valence-corrected chi connectivity index (χ4v) is 4.90. The molecule has 0 saturated carbocycles. The van der Waals surface area contributed by atoms with Gasteiger partial charge in [-0.3, -0.25) is 18.9 Å². The smallest absolute Gasteiger partial charge is 0.259 e. The molecular weight excluding hydrogens is 503 g/mol. The van der Waals surface area contributed by atoms with Crippen molar-refractivity contribution in [3.63, 3.8) is 0 Å². The second-order valence-corrected chi connectivity index (χ2v) is 9.87. The topological polar surface area (TPSA) is 118 Å². The molecule has 0 spiro atoms. The molecule has 2 amide bonds. The zero-order valence-electron chi connectivity index (χ0n) is 17.5. The van der Waals surface area contributed by atoms with E-state index in [1.54, 1.807) is 24.4 Å². The molecule has 1 aromatic heterocycles. The van der Waals surface area contributed by atoms with Crippen molar-refractivity contribution in [1.29, 1.82) is 0 Å². The van der Waals surface area contributed by atoms with Crippen LogP contribution < -0.4 is 14.9 Å². The van der Waals surface area contributed by atoms with Gasteiger partial charge in [-0.1, -0.05) is 23.2 Å². The van der Waals surface area contributed by atoms with Crippen LogP contribution >= 0.6 is 23.2 Å². The molecule has 4 rings (SSSR count). The molecule has 1 aliphatic rings. The maximum Gasteiger partial charge on any atom is 0.259 e. The number of hydrogen-bond donors (Lipinski definition) is 2. The van der Waals surface area contributed by atoms with Crippen molar-refractivity contribution in [2.75, 3.05) is 34.0 Å². The van der Waals surface area contributed by atoms with Crippen molar-refractivity contribution < 1.29 is 22.7 Å². The third-order valence-corrected chi connectivity index (χ3v) is 7.06. The summed E-state index contributed by atoms with van der Waals surface area (Å²) in [7, 11) is -3.61. The fraction of sp³-hybridized carbons (Fsp3) is 0.136. The van der Waals surface area contributed by atoms with Gasteiger partial charge >= 0.3 is 0 Å². The number of ether oxygens (including phenoxy) is 1. The number of anilines is 3. The third-order valence-electron chi connectivity index (χ3n) is 4.89. The van der Waals surface area contributed by atoms with E-state index in [2.05, 4.69) is 15.6 Å². The predicted octanol–water partition coefficient (Wildman–Crippen LogP) is 4.02. The molecular formula is C22H18Cl2N4O5S. The molecule has 3 aromatic rings. The van der Waals surface area contributed by atoms with Gasteiger partial charge in [0.05, 0.1) is 45.7 Å². The molecule has 0 bridgehead atoms. The number of pyridine rings is 1. The monoisotopic (exact) mass is 520 g/mol. The zero-order valence-corrected chi connectivity index (χ0v) is 19.8. The first-order valence-electron chi connectivity index (χ1n) is 9.94. The normalized spacial score (nSPS) is 14.9. The highest BCUT2D eigenvalue weighted by Gasteiger charge is 2.27. The minimum atomic E-state index is -3.61. The van der Waals surface area contributed by atoms with E-state index in [0.29, 0.717) is 22.6 Å². The van der Waals surface area contributed by atoms with E-state index in [1.807, 2.05) is 0 Å². The highest BCUT2D eigenvalue weighted by Crippen LogP contribution is 2.29. The minimum Gasteiger partial charge on any atom is -0.362 e. The number of sulfonamides is 1. The van der Waals surface area contributed by atoms with Gasteiger partial charge in [-0.15, -0.1) is 0 Å². The van der Waals surface area contributed by atoms with Crippen LogP contribution in [0, 0.1) is 0 Å². The lowest BCUT2D eigenvalue weighted by Crippen LogP contribution is -2.41. The number of aromatic nitrogens is 1. The number of halogens is 2. The van der Waals surface area contributed by atoms with Gasteiger partial charge in [0.1, 0.15) is 0 Å². The molecule has 0 radical (unpaired) electrons. The van der Waals surface area contributed by atoms with Crippen molar-refractivity contribution in [3.8, 4) is 0 Å². The van der Waals surface area contributed by atoms with Crippen LogP contribution in [0.2, 0.25) is 10.0 Å². The number of amides is 2. The first-order chi connectivity index (χ1) is 16.2. The summed E-state index contributed by atoms with van der Waals surface area (Å²) in [5.74, 6) is -1.34. The number of carbonyl (C=O) groups is 2. The van der Waals surface area contributed by atoms with Crippen molar-refractivity contribution in [2.45, 2.75) is 0 Å². The maximum atomic E-state index is 12.8. The lowest BCUT2D eigenvalue weighted by molar-refractivity contribution is 0.101. The Labute approximate surface area is 205 Å². The molecule has 34 heavy (non-hydrogen) atoms. The third kappa shape index (κ3) is 5.31. The van der Waals surface area contributed by atoms with Crippen LogP contribution in [-0.2, 0) is 14.8 Å². The molecule has 0 unspecified atom stereocenters. The Morgan fingerprint density at radius 2 is 1.82 bits per heavy atom. The Hall–Kier alpha value is -3.18. The Morgan fingerprint density at radius 3 is 2.53 bits per heavy atom. The van der Waals surface area contributed by atoms with E-state index < -0.39 is 27.8 Å². The summed E-state index contributed by atoms with van der Waals surface area (Å²) in [6.07, 6.45) is 2.97. The van der Waals surface area contributed by atoms with Crippen molar-refractivity contribution in [1.82, 2.24) is 4.98 Å². The summed E-state index contributed by atoms with van der Waals surface area (Å²) in [4.78, 5) is 29.1. The summed E-state index contributed by atoms with van der Waals surface area (Å²) in [6.45, 7) is 0.415. The summed E-state index contributed by atoms with van der Waals surface area (Å²) < 4.78 is 30.6. The second kappa shape index (κ2) is 9.98. The zero-order chi connectivity index (χ0) is 24.3. The van der Waals surface area contributed by atoms with E-state index in [9.17, 15) is 18.0 Å². The first-order valence-corrected chi connectivity index (χ1v) is 12.3. The van der Waals surface area contributed by atoms with Crippen LogP contribution in [0.3, 0.4) is 0 Å². The van der Waals surface area contributed by atoms with Crippen LogP contribution in [0.5, 0.6) is 0 Å². The lowest BCUT2D eigenvalue weighted by atomic mass is 10.1. The van der Waals surface area contributed by atoms with Crippen molar-refractivity contribution in [3.05, 3.63) is 82.1 Å². The quantitative estimate of drug-likeness (QED) is 0.524. The van der Waals surface area contributed by atoms with Crippen LogP contribution in [-0.4, -0.2) is 44.3 Å². The molecule has 1 saturated heterocycles. The molecule has 2 N–H and O–H groups in total. The number of rotatable bonds is 5. The molecule has 9 nitrogen and oxygen atoms in total. The van der Waals surface area contributed by atoms with Gasteiger partial charge < -0.3 is 15.4 Å². The number of nitrogens with one attached hydrogen (secondary N) is 2. The highest BCUT2D eigenvalue weighted by atomic mass is 35.5. The van der Waals surface area contributed by atoms with Crippen molar-refractivity contribution >= 4 is 62.1 Å². The average Bonchev–Trinajstić information content (AvgIpc) is 2.81. The predicted molar refractivity (Wildman–Crippen MR) is 130 cm³/mol. The molecule has 0 aliphatic carbocycles. The van der Waals surface area contributed by atoms with Gasteiger partial charge in [-0.05, 0) is 48.5 Å². The number of hydrogen-bond acceptors (Lipinski definition) is 6. The van der Waals surface area contributed by atoms with E-state index in [-0.39, 0.29) is 28.8 Å². The van der Waals surface area contributed by atoms with Crippen LogP contribution in [0.15, 0.2) is 60.9 Å². The lowest BCUT2D eigenvalue weighted by Gasteiger charge is -2.28. The van der Waals surface area contributed by atoms with Crippen LogP contribution in [0.4, 0.5) is 17.1 Å². The highest BCUT2D eigenvalue weighted by molar-refractivity contribution is 7.92. The molecule has 176 valence electrons. The van der Waals surface area contributed by atoms with Gasteiger partial charge in [0, 0.05) is 18.1 Å². The molecule has 0 atom stereocenters. The Morgan fingerprint density at radius 1 is 1.00 bits per heavy atom. The molecule has 2 aromatic carbocycles. The van der Waals surface area contributed by atoms with Gasteiger partial charge in [-0.25, -0.2) is 8.42 Å². The summed E-state index contributed by atoms with van der Waals surface area (Å²) in [5, 5.41) is 5.74. The van der Waals surface area contributed by atoms with Gasteiger partial charge in [0.25, 0.3) is 21.8 Å². The average molecular weight is 521 g/mol. The largest absolute Gasteiger partial charge is 0.362 e. The number of benzene rings is 2. The van der Waals surface area contributed by atoms with Crippen LogP contribution in [0.1, 0.15) is 20.7 Å². The molecule has 1 fully saturated rings. The summed E-state index contributed by atoms with van der Waals surface area (Å²) in [6, 6.07) is 12.2. The SMILES string of the molecule is O=C(Nc1cc(NC(=O)c2ccc(N3CCOCS3(=O)=O)cc2Cl)ccc1Cl)c1cccnc1. The Bertz CT molecular complexity index is 1350. The standard InChI is InChI=1S/C22H18Cl2N4O5S/c23-18-6-3-15(10-20(18)27-21(29)14-2-1-7-25-12-14)26-22(30)17-5-4-16(11-19(17)24)28-8-9-33-13-34(28,31)32/h1-7,10-12H,8-9,13H2,(H,26,30)(H,27,29). The number of carbonyl (C=O) groups excluding carboxylic acids is 2. The summed E-state index contributed by atoms with van der Waals surface area (Å²) in [5.41, 5.74) is 1.50.